The maximum atomic E-state index is 15.6. The van der Waals surface area contributed by atoms with E-state index in [2.05, 4.69) is 90.0 Å². The number of carbonyl (C=O) groups excluding carboxylic acids is 2. The molecule has 286 valence electrons. The molecule has 1 fully saturated rings. The Labute approximate surface area is 341 Å². The first kappa shape index (κ1) is 39.7. The van der Waals surface area contributed by atoms with E-state index in [1.807, 2.05) is 137 Å². The fourth-order valence-corrected chi connectivity index (χ4v) is 13.3. The van der Waals surface area contributed by atoms with E-state index in [1.165, 1.54) is 0 Å². The number of nitrogens with one attached hydrogen (secondary N) is 1. The Morgan fingerprint density at radius 3 is 1.37 bits per heavy atom. The predicted octanol–water partition coefficient (Wildman–Crippen LogP) is 8.33. The quantitative estimate of drug-likeness (QED) is 0.0445. The first-order chi connectivity index (χ1) is 27.7. The molecule has 6 aromatic rings. The second-order valence-electron chi connectivity index (χ2n) is 14.8. The van der Waals surface area contributed by atoms with Crippen LogP contribution in [0.3, 0.4) is 0 Å². The van der Waals surface area contributed by atoms with E-state index in [9.17, 15) is 0 Å². The Morgan fingerprint density at radius 1 is 0.649 bits per heavy atom. The summed E-state index contributed by atoms with van der Waals surface area (Å²) in [4.78, 5) is 32.7. The van der Waals surface area contributed by atoms with Gasteiger partial charge in [0.25, 0.3) is 0 Å². The van der Waals surface area contributed by atoms with Crippen LogP contribution in [0.5, 0.6) is 0 Å². The van der Waals surface area contributed by atoms with Gasteiger partial charge in [-0.3, -0.25) is 15.0 Å². The zero-order valence-corrected chi connectivity index (χ0v) is 34.4. The molecule has 2 unspecified atom stereocenters. The highest BCUT2D eigenvalue weighted by Gasteiger charge is 2.57. The molecule has 5 nitrogen and oxygen atoms in total. The molecule has 1 amide bonds. The van der Waals surface area contributed by atoms with Crippen LogP contribution in [0.2, 0.25) is 0 Å². The molecule has 7 rings (SSSR count). The molecule has 0 saturated carbocycles. The van der Waals surface area contributed by atoms with Crippen LogP contribution < -0.4 is 21.2 Å². The van der Waals surface area contributed by atoms with Gasteiger partial charge in [0.2, 0.25) is 5.91 Å². The molecule has 6 aromatic carbocycles. The number of rotatable bonds is 12. The Balaban J connectivity index is 1.54. The van der Waals surface area contributed by atoms with E-state index < -0.39 is 35.4 Å². The predicted molar refractivity (Wildman–Crippen MR) is 239 cm³/mol. The molecule has 0 radical (unpaired) electrons. The van der Waals surface area contributed by atoms with E-state index >= 15 is 9.59 Å². The SMILES string of the molecule is CC#CCSC1C(NC(c2ccccc2)(c2ccccc2)c2ccccc2)C(=O)N1C(C(=O)OC(C)(C)C)=P(c1ccccc1)(c1ccccc1)c1ccccc1. The summed E-state index contributed by atoms with van der Waals surface area (Å²) >= 11 is 1.56. The molecule has 0 bridgehead atoms. The Hall–Kier alpha value is -5.57. The second-order valence-corrected chi connectivity index (χ2v) is 19.2. The van der Waals surface area contributed by atoms with Crippen molar-refractivity contribution in [3.8, 4) is 11.8 Å². The smallest absolute Gasteiger partial charge is 0.356 e. The molecule has 57 heavy (non-hydrogen) atoms. The summed E-state index contributed by atoms with van der Waals surface area (Å²) in [5.74, 6) is 5.99. The monoisotopic (exact) mass is 786 g/mol. The van der Waals surface area contributed by atoms with Gasteiger partial charge in [-0.25, -0.2) is 4.79 Å². The van der Waals surface area contributed by atoms with Crippen molar-refractivity contribution < 1.29 is 14.3 Å². The number of amides is 1. The number of carbonyl (C=O) groups is 2. The summed E-state index contributed by atoms with van der Waals surface area (Å²) in [6.45, 7) is 4.31. The summed E-state index contributed by atoms with van der Waals surface area (Å²) < 4.78 is 6.39. The van der Waals surface area contributed by atoms with Crippen molar-refractivity contribution in [3.05, 3.63) is 199 Å². The number of hydrogen-bond donors (Lipinski definition) is 1. The van der Waals surface area contributed by atoms with Gasteiger partial charge >= 0.3 is 5.97 Å². The number of likely N-dealkylation sites (tertiary alicyclic amines) is 1. The van der Waals surface area contributed by atoms with Crippen LogP contribution in [0.4, 0.5) is 0 Å². The number of thioether (sulfide) groups is 1. The first-order valence-corrected chi connectivity index (χ1v) is 22.0. The van der Waals surface area contributed by atoms with E-state index in [0.29, 0.717) is 11.2 Å². The van der Waals surface area contributed by atoms with Crippen LogP contribution in [-0.2, 0) is 19.9 Å². The van der Waals surface area contributed by atoms with E-state index in [4.69, 9.17) is 4.74 Å². The van der Waals surface area contributed by atoms with Crippen molar-refractivity contribution in [1.29, 1.82) is 0 Å². The minimum absolute atomic E-state index is 0.211. The van der Waals surface area contributed by atoms with Crippen LogP contribution >= 0.6 is 18.6 Å². The molecule has 1 saturated heterocycles. The highest BCUT2D eigenvalue weighted by atomic mass is 32.2. The second kappa shape index (κ2) is 17.3. The molecule has 0 spiro atoms. The van der Waals surface area contributed by atoms with Gasteiger partial charge in [0.05, 0.1) is 11.3 Å². The minimum Gasteiger partial charge on any atom is -0.455 e. The van der Waals surface area contributed by atoms with E-state index in [0.717, 1.165) is 32.6 Å². The Morgan fingerprint density at radius 2 is 1.02 bits per heavy atom. The molecule has 0 aromatic heterocycles. The molecule has 1 heterocycles. The van der Waals surface area contributed by atoms with Gasteiger partial charge in [0, 0.05) is 6.89 Å². The fraction of sp³-hybridized carbons (Fsp3) is 0.180. The summed E-state index contributed by atoms with van der Waals surface area (Å²) in [7, 11) is 0. The van der Waals surface area contributed by atoms with Gasteiger partial charge in [-0.1, -0.05) is 188 Å². The average molecular weight is 787 g/mol. The maximum Gasteiger partial charge on any atom is 0.356 e. The van der Waals surface area contributed by atoms with Crippen molar-refractivity contribution in [2.24, 2.45) is 0 Å². The third kappa shape index (κ3) is 7.76. The van der Waals surface area contributed by atoms with Gasteiger partial charge in [-0.05, 0) is 60.3 Å². The van der Waals surface area contributed by atoms with E-state index in [-0.39, 0.29) is 5.91 Å². The molecule has 1 N–H and O–H groups in total. The van der Waals surface area contributed by atoms with Crippen LogP contribution in [0.1, 0.15) is 44.4 Å². The van der Waals surface area contributed by atoms with Crippen molar-refractivity contribution in [2.45, 2.75) is 50.3 Å². The minimum atomic E-state index is -3.12. The van der Waals surface area contributed by atoms with Gasteiger partial charge in [-0.2, -0.15) is 0 Å². The average Bonchev–Trinajstić information content (AvgIpc) is 3.25. The molecular weight excluding hydrogens is 740 g/mol. The van der Waals surface area contributed by atoms with Gasteiger partial charge < -0.3 is 4.74 Å². The van der Waals surface area contributed by atoms with Crippen molar-refractivity contribution in [3.63, 3.8) is 0 Å². The summed E-state index contributed by atoms with van der Waals surface area (Å²) in [5.41, 5.74) is 1.54. The number of esters is 1. The lowest BCUT2D eigenvalue weighted by Gasteiger charge is -2.52. The summed E-state index contributed by atoms with van der Waals surface area (Å²) in [6.07, 6.45) is 0. The van der Waals surface area contributed by atoms with Crippen LogP contribution in [0.25, 0.3) is 0 Å². The third-order valence-electron chi connectivity index (χ3n) is 10.1. The number of benzene rings is 6. The normalized spacial score (nSPS) is 15.5. The highest BCUT2D eigenvalue weighted by Crippen LogP contribution is 2.50. The zero-order chi connectivity index (χ0) is 39.9. The first-order valence-electron chi connectivity index (χ1n) is 19.2. The number of hydrogen-bond acceptors (Lipinski definition) is 5. The van der Waals surface area contributed by atoms with Crippen LogP contribution in [0.15, 0.2) is 182 Å². The molecule has 2 atom stereocenters. The molecule has 0 aliphatic carbocycles. The Bertz CT molecular complexity index is 2210. The molecular formula is C50H47N2O3PS. The van der Waals surface area contributed by atoms with Crippen molar-refractivity contribution in [1.82, 2.24) is 10.2 Å². The standard InChI is InChI=1S/C50H47N2O3PS/c1-5-6-37-57-47-44(51-50(38-25-13-7-14-26-38,39-27-15-8-16-28-39)40-29-17-9-18-30-40)45(53)52(47)46(48(54)55-49(2,3)4)56(41-31-19-10-20-32-41,42-33-21-11-22-34-42)43-35-23-12-24-36-43/h7-36,44,47,51H,37H2,1-4H3. The third-order valence-corrected chi connectivity index (χ3v) is 15.5. The Kier molecular flexibility index (Phi) is 12.0. The lowest BCUT2D eigenvalue weighted by atomic mass is 9.76. The highest BCUT2D eigenvalue weighted by molar-refractivity contribution is 8.00. The fourth-order valence-electron chi connectivity index (χ4n) is 7.73. The van der Waals surface area contributed by atoms with Gasteiger partial charge in [-0.15, -0.1) is 17.7 Å². The lowest BCUT2D eigenvalue weighted by molar-refractivity contribution is -0.151. The lowest BCUT2D eigenvalue weighted by Crippen LogP contribution is -2.74. The molecule has 7 heteroatoms. The van der Waals surface area contributed by atoms with Gasteiger partial charge in [0.15, 0.2) is 0 Å². The number of nitrogens with zero attached hydrogens (tertiary/aromatic N) is 1. The largest absolute Gasteiger partial charge is 0.455 e. The molecule has 1 aliphatic heterocycles. The zero-order valence-electron chi connectivity index (χ0n) is 32.7. The van der Waals surface area contributed by atoms with Crippen molar-refractivity contribution in [2.75, 3.05) is 5.75 Å². The van der Waals surface area contributed by atoms with E-state index in [1.54, 1.807) is 16.7 Å². The van der Waals surface area contributed by atoms with Crippen LogP contribution in [-0.4, -0.2) is 45.0 Å². The summed E-state index contributed by atoms with van der Waals surface area (Å²) in [5, 5.41) is 6.26. The topological polar surface area (TPSA) is 58.6 Å². The van der Waals surface area contributed by atoms with Gasteiger partial charge in [0.1, 0.15) is 22.4 Å². The summed E-state index contributed by atoms with van der Waals surface area (Å²) in [6, 6.07) is 60.5. The maximum absolute atomic E-state index is 15.6. The number of β-lactam (4-membered cyclic amide) rings is 1. The molecule has 1 aliphatic rings. The van der Waals surface area contributed by atoms with Crippen molar-refractivity contribution >= 4 is 51.9 Å². The van der Waals surface area contributed by atoms with Crippen LogP contribution in [0, 0.1) is 11.8 Å². The number of ether oxygens (including phenoxy) is 1.